The molecule has 0 spiro atoms. The van der Waals surface area contributed by atoms with Crippen molar-refractivity contribution in [1.29, 1.82) is 0 Å². The van der Waals surface area contributed by atoms with Crippen LogP contribution in [0.5, 0.6) is 0 Å². The minimum absolute atomic E-state index is 0.119. The van der Waals surface area contributed by atoms with Crippen LogP contribution >= 0.6 is 0 Å². The molecule has 1 aromatic carbocycles. The van der Waals surface area contributed by atoms with E-state index in [0.717, 1.165) is 49.1 Å². The van der Waals surface area contributed by atoms with Crippen LogP contribution in [0, 0.1) is 23.2 Å². The van der Waals surface area contributed by atoms with Crippen LogP contribution in [0.4, 0.5) is 11.4 Å². The van der Waals surface area contributed by atoms with Gasteiger partial charge in [0.2, 0.25) is 5.91 Å². The van der Waals surface area contributed by atoms with Crippen molar-refractivity contribution in [3.05, 3.63) is 23.8 Å². The Morgan fingerprint density at radius 2 is 1.74 bits per heavy atom. The summed E-state index contributed by atoms with van der Waals surface area (Å²) in [5, 5.41) is 6.17. The number of nitrogens with zero attached hydrogens (tertiary/aromatic N) is 1. The minimum Gasteiger partial charge on any atom is -0.382 e. The Hall–Kier alpha value is -2.08. The first-order valence-corrected chi connectivity index (χ1v) is 11.9. The van der Waals surface area contributed by atoms with E-state index in [1.54, 1.807) is 0 Å². The Balaban J connectivity index is 1.45. The van der Waals surface area contributed by atoms with Crippen molar-refractivity contribution in [2.45, 2.75) is 51.9 Å². The Labute approximate surface area is 186 Å². The van der Waals surface area contributed by atoms with Crippen LogP contribution in [-0.4, -0.2) is 45.7 Å². The van der Waals surface area contributed by atoms with Crippen molar-refractivity contribution >= 4 is 23.2 Å². The van der Waals surface area contributed by atoms with Crippen LogP contribution in [0.2, 0.25) is 0 Å². The fourth-order valence-electron chi connectivity index (χ4n) is 6.45. The van der Waals surface area contributed by atoms with Crippen molar-refractivity contribution in [1.82, 2.24) is 5.32 Å². The molecule has 4 bridgehead atoms. The topological polar surface area (TPSA) is 70.7 Å². The number of hydrogen-bond acceptors (Lipinski definition) is 4. The van der Waals surface area contributed by atoms with E-state index in [4.69, 9.17) is 4.74 Å². The van der Waals surface area contributed by atoms with E-state index in [1.807, 2.05) is 44.1 Å². The van der Waals surface area contributed by atoms with Crippen LogP contribution in [-0.2, 0) is 9.53 Å². The molecule has 0 aromatic heterocycles. The second-order valence-electron chi connectivity index (χ2n) is 10.1. The quantitative estimate of drug-likeness (QED) is 0.583. The third-order valence-electron chi connectivity index (χ3n) is 7.46. The molecular weight excluding hydrogens is 390 g/mol. The first-order valence-electron chi connectivity index (χ1n) is 11.9. The van der Waals surface area contributed by atoms with Crippen LogP contribution in [0.3, 0.4) is 0 Å². The van der Waals surface area contributed by atoms with Crippen molar-refractivity contribution in [2.24, 2.45) is 23.2 Å². The highest BCUT2D eigenvalue weighted by Crippen LogP contribution is 2.60. The maximum atomic E-state index is 13.4. The van der Waals surface area contributed by atoms with Gasteiger partial charge in [-0.15, -0.1) is 0 Å². The van der Waals surface area contributed by atoms with E-state index in [1.165, 1.54) is 19.3 Å². The SMILES string of the molecule is CCOCCCNC(=O)c1cc(NC(=O)C23CC4CC(CC(C4)C2)C3)ccc1N(C)C. The van der Waals surface area contributed by atoms with Gasteiger partial charge in [-0.05, 0) is 87.8 Å². The first-order chi connectivity index (χ1) is 14.9. The largest absolute Gasteiger partial charge is 0.382 e. The predicted octanol–water partition coefficient (Wildman–Crippen LogP) is 4.06. The number of carbonyl (C=O) groups is 2. The zero-order chi connectivity index (χ0) is 22.0. The Kier molecular flexibility index (Phi) is 6.56. The van der Waals surface area contributed by atoms with Gasteiger partial charge in [0.1, 0.15) is 0 Å². The molecule has 2 N–H and O–H groups in total. The van der Waals surface area contributed by atoms with Crippen LogP contribution < -0.4 is 15.5 Å². The molecule has 1 aromatic rings. The van der Waals surface area contributed by atoms with E-state index >= 15 is 0 Å². The van der Waals surface area contributed by atoms with E-state index < -0.39 is 0 Å². The summed E-state index contributed by atoms with van der Waals surface area (Å²) in [4.78, 5) is 28.2. The van der Waals surface area contributed by atoms with Gasteiger partial charge in [-0.2, -0.15) is 0 Å². The molecule has 4 fully saturated rings. The molecule has 0 unspecified atom stereocenters. The highest BCUT2D eigenvalue weighted by molar-refractivity contribution is 6.02. The smallest absolute Gasteiger partial charge is 0.253 e. The van der Waals surface area contributed by atoms with Gasteiger partial charge in [-0.1, -0.05) is 0 Å². The summed E-state index contributed by atoms with van der Waals surface area (Å²) in [5.41, 5.74) is 1.95. The zero-order valence-corrected chi connectivity index (χ0v) is 19.2. The predicted molar refractivity (Wildman–Crippen MR) is 123 cm³/mol. The fraction of sp³-hybridized carbons (Fsp3) is 0.680. The van der Waals surface area contributed by atoms with Gasteiger partial charge in [-0.3, -0.25) is 9.59 Å². The summed E-state index contributed by atoms with van der Waals surface area (Å²) < 4.78 is 5.34. The van der Waals surface area contributed by atoms with Gasteiger partial charge in [0.25, 0.3) is 5.91 Å². The van der Waals surface area contributed by atoms with Gasteiger partial charge in [-0.25, -0.2) is 0 Å². The summed E-state index contributed by atoms with van der Waals surface area (Å²) in [5.74, 6) is 2.22. The molecule has 4 aliphatic carbocycles. The van der Waals surface area contributed by atoms with Gasteiger partial charge >= 0.3 is 0 Å². The van der Waals surface area contributed by atoms with Crippen LogP contribution in [0.25, 0.3) is 0 Å². The summed E-state index contributed by atoms with van der Waals surface area (Å²) in [6.45, 7) is 3.85. The summed E-state index contributed by atoms with van der Waals surface area (Å²) in [6.07, 6.45) is 7.84. The number of ether oxygens (including phenoxy) is 1. The summed E-state index contributed by atoms with van der Waals surface area (Å²) >= 11 is 0. The van der Waals surface area contributed by atoms with Crippen LogP contribution in [0.15, 0.2) is 18.2 Å². The maximum Gasteiger partial charge on any atom is 0.253 e. The average molecular weight is 428 g/mol. The molecule has 6 heteroatoms. The molecule has 6 nitrogen and oxygen atoms in total. The summed E-state index contributed by atoms with van der Waals surface area (Å²) in [6, 6.07) is 5.66. The number of carbonyl (C=O) groups excluding carboxylic acids is 2. The molecule has 4 saturated carbocycles. The molecule has 31 heavy (non-hydrogen) atoms. The lowest BCUT2D eigenvalue weighted by Gasteiger charge is -2.55. The molecule has 0 heterocycles. The zero-order valence-electron chi connectivity index (χ0n) is 19.2. The maximum absolute atomic E-state index is 13.4. The number of rotatable bonds is 9. The number of benzene rings is 1. The van der Waals surface area contributed by atoms with Gasteiger partial charge in [0, 0.05) is 45.2 Å². The lowest BCUT2D eigenvalue weighted by Crippen LogP contribution is -2.51. The standard InChI is InChI=1S/C25H37N3O3/c1-4-31-9-5-8-26-23(29)21-13-20(6-7-22(21)28(2)3)27-24(30)25-14-17-10-18(15-25)12-19(11-17)16-25/h6-7,13,17-19H,4-5,8-12,14-16H2,1-3H3,(H,26,29)(H,27,30). The fourth-order valence-corrected chi connectivity index (χ4v) is 6.45. The molecule has 0 aliphatic heterocycles. The molecule has 4 aliphatic rings. The van der Waals surface area contributed by atoms with E-state index in [2.05, 4.69) is 10.6 Å². The third kappa shape index (κ3) is 4.74. The van der Waals surface area contributed by atoms with Crippen LogP contribution in [0.1, 0.15) is 62.2 Å². The minimum atomic E-state index is -0.198. The number of hydrogen-bond donors (Lipinski definition) is 2. The first kappa shape index (κ1) is 22.1. The monoisotopic (exact) mass is 427 g/mol. The van der Waals surface area contributed by atoms with Gasteiger partial charge < -0.3 is 20.3 Å². The number of anilines is 2. The number of nitrogens with one attached hydrogen (secondary N) is 2. The third-order valence-corrected chi connectivity index (χ3v) is 7.46. The lowest BCUT2D eigenvalue weighted by atomic mass is 9.49. The van der Waals surface area contributed by atoms with E-state index in [0.29, 0.717) is 31.0 Å². The Bertz CT molecular complexity index is 785. The summed E-state index contributed by atoms with van der Waals surface area (Å²) in [7, 11) is 3.85. The molecule has 0 atom stereocenters. The second-order valence-corrected chi connectivity index (χ2v) is 10.1. The number of amides is 2. The average Bonchev–Trinajstić information content (AvgIpc) is 2.72. The lowest BCUT2D eigenvalue weighted by molar-refractivity contribution is -0.140. The van der Waals surface area contributed by atoms with Gasteiger partial charge in [0.05, 0.1) is 11.0 Å². The highest BCUT2D eigenvalue weighted by atomic mass is 16.5. The molecule has 2 amide bonds. The van der Waals surface area contributed by atoms with Crippen molar-refractivity contribution < 1.29 is 14.3 Å². The van der Waals surface area contributed by atoms with Crippen molar-refractivity contribution in [3.63, 3.8) is 0 Å². The molecule has 5 rings (SSSR count). The van der Waals surface area contributed by atoms with Crippen molar-refractivity contribution in [2.75, 3.05) is 44.1 Å². The Morgan fingerprint density at radius 3 is 2.32 bits per heavy atom. The molecule has 0 radical (unpaired) electrons. The highest BCUT2D eigenvalue weighted by Gasteiger charge is 2.54. The van der Waals surface area contributed by atoms with E-state index in [-0.39, 0.29) is 17.2 Å². The Morgan fingerprint density at radius 1 is 1.10 bits per heavy atom. The molecule has 170 valence electrons. The molecule has 0 saturated heterocycles. The second kappa shape index (κ2) is 9.19. The molecular formula is C25H37N3O3. The van der Waals surface area contributed by atoms with E-state index in [9.17, 15) is 9.59 Å². The van der Waals surface area contributed by atoms with Crippen molar-refractivity contribution in [3.8, 4) is 0 Å². The van der Waals surface area contributed by atoms with Gasteiger partial charge in [0.15, 0.2) is 0 Å². The normalized spacial score (nSPS) is 28.4.